The molecule has 4 rings (SSSR count). The molecule has 0 spiro atoms. The first-order valence-corrected chi connectivity index (χ1v) is 12.9. The predicted molar refractivity (Wildman–Crippen MR) is 138 cm³/mol. The number of carbonyl (C=O) groups excluding carboxylic acids is 1. The van der Waals surface area contributed by atoms with Crippen molar-refractivity contribution in [1.82, 2.24) is 19.4 Å². The van der Waals surface area contributed by atoms with Crippen molar-refractivity contribution < 1.29 is 23.4 Å². The number of aryl methyl sites for hydroxylation is 1. The third kappa shape index (κ3) is 5.39. The van der Waals surface area contributed by atoms with E-state index in [4.69, 9.17) is 4.74 Å². The minimum Gasteiger partial charge on any atom is -0.497 e. The normalized spacial score (nSPS) is 16.0. The molecule has 1 amide bonds. The number of likely N-dealkylation sites (tertiary alicyclic amines) is 1. The van der Waals surface area contributed by atoms with E-state index in [-0.39, 0.29) is 18.8 Å². The fourth-order valence-corrected chi connectivity index (χ4v) is 5.05. The van der Waals surface area contributed by atoms with Crippen molar-refractivity contribution in [3.63, 3.8) is 0 Å². The first-order valence-electron chi connectivity index (χ1n) is 12.9. The second-order valence-electron chi connectivity index (χ2n) is 9.46. The van der Waals surface area contributed by atoms with Crippen LogP contribution in [0.5, 0.6) is 11.6 Å². The summed E-state index contributed by atoms with van der Waals surface area (Å²) in [5.41, 5.74) is -0.158. The first kappa shape index (κ1) is 27.2. The molecule has 202 valence electrons. The second-order valence-corrected chi connectivity index (χ2v) is 9.46. The molecular formula is C28H32F2N4O4. The van der Waals surface area contributed by atoms with Gasteiger partial charge < -0.3 is 14.7 Å². The Hall–Kier alpha value is -3.82. The summed E-state index contributed by atoms with van der Waals surface area (Å²) in [6.07, 6.45) is 3.92. The molecule has 0 saturated carbocycles. The number of aromatic hydroxyl groups is 1. The highest BCUT2D eigenvalue weighted by Gasteiger charge is 2.35. The number of unbranched alkanes of at least 4 members (excludes halogenated alkanes) is 1. The molecule has 1 fully saturated rings. The van der Waals surface area contributed by atoms with Crippen molar-refractivity contribution in [2.45, 2.75) is 57.9 Å². The van der Waals surface area contributed by atoms with Crippen LogP contribution in [0.4, 0.5) is 8.78 Å². The van der Waals surface area contributed by atoms with Gasteiger partial charge in [-0.25, -0.2) is 8.78 Å². The maximum atomic E-state index is 14.3. The zero-order chi connectivity index (χ0) is 27.4. The van der Waals surface area contributed by atoms with E-state index in [0.29, 0.717) is 30.8 Å². The van der Waals surface area contributed by atoms with Crippen LogP contribution in [0.15, 0.2) is 41.3 Å². The quantitative estimate of drug-likeness (QED) is 0.438. The molecule has 1 saturated heterocycles. The van der Waals surface area contributed by atoms with Gasteiger partial charge in [-0.15, -0.1) is 0 Å². The molecule has 38 heavy (non-hydrogen) atoms. The number of aromatic nitrogens is 3. The number of amides is 1. The maximum absolute atomic E-state index is 14.3. The van der Waals surface area contributed by atoms with Crippen LogP contribution in [-0.2, 0) is 6.42 Å². The van der Waals surface area contributed by atoms with E-state index in [1.54, 1.807) is 7.11 Å². The monoisotopic (exact) mass is 526 g/mol. The summed E-state index contributed by atoms with van der Waals surface area (Å²) in [6, 6.07) is 7.70. The molecule has 3 aromatic rings. The molecule has 0 bridgehead atoms. The molecule has 2 atom stereocenters. The van der Waals surface area contributed by atoms with Gasteiger partial charge in [0.1, 0.15) is 23.2 Å². The summed E-state index contributed by atoms with van der Waals surface area (Å²) < 4.78 is 34.5. The fraction of sp³-hybridized carbons (Fsp3) is 0.429. The van der Waals surface area contributed by atoms with Gasteiger partial charge in [0.25, 0.3) is 11.5 Å². The van der Waals surface area contributed by atoms with Crippen molar-refractivity contribution in [2.75, 3.05) is 20.2 Å². The Balaban J connectivity index is 1.73. The first-order chi connectivity index (χ1) is 18.3. The Bertz CT molecular complexity index is 1380. The summed E-state index contributed by atoms with van der Waals surface area (Å²) in [7, 11) is 1.56. The summed E-state index contributed by atoms with van der Waals surface area (Å²) in [6.45, 7) is 4.26. The van der Waals surface area contributed by atoms with E-state index in [1.165, 1.54) is 9.47 Å². The Kier molecular flexibility index (Phi) is 8.38. The van der Waals surface area contributed by atoms with Crippen molar-refractivity contribution >= 4 is 5.91 Å². The lowest BCUT2D eigenvalue weighted by molar-refractivity contribution is 0.0783. The predicted octanol–water partition coefficient (Wildman–Crippen LogP) is 4.60. The van der Waals surface area contributed by atoms with Gasteiger partial charge in [0.05, 0.1) is 25.0 Å². The Morgan fingerprint density at radius 3 is 2.74 bits per heavy atom. The number of nitrogens with zero attached hydrogens (tertiary/aromatic N) is 4. The average Bonchev–Trinajstić information content (AvgIpc) is 3.39. The number of rotatable bonds is 9. The van der Waals surface area contributed by atoms with Gasteiger partial charge in [-0.2, -0.15) is 4.98 Å². The number of benzene rings is 1. The summed E-state index contributed by atoms with van der Waals surface area (Å²) in [5, 5.41) is 10.8. The van der Waals surface area contributed by atoms with Gasteiger partial charge in [-0.3, -0.25) is 19.1 Å². The second kappa shape index (κ2) is 11.7. The van der Waals surface area contributed by atoms with Crippen LogP contribution in [0.25, 0.3) is 0 Å². The highest BCUT2D eigenvalue weighted by molar-refractivity contribution is 5.96. The van der Waals surface area contributed by atoms with Gasteiger partial charge in [0.15, 0.2) is 5.56 Å². The number of carbonyl (C=O) groups is 1. The number of hydrogen-bond donors (Lipinski definition) is 1. The Labute approximate surface area is 219 Å². The van der Waals surface area contributed by atoms with Crippen molar-refractivity contribution in [3.05, 3.63) is 81.2 Å². The number of halogens is 2. The van der Waals surface area contributed by atoms with Crippen LogP contribution in [-0.4, -0.2) is 50.6 Å². The molecule has 2 unspecified atom stereocenters. The maximum Gasteiger partial charge on any atom is 0.270 e. The van der Waals surface area contributed by atoms with Crippen molar-refractivity contribution in [2.24, 2.45) is 0 Å². The van der Waals surface area contributed by atoms with Crippen LogP contribution in [0, 0.1) is 11.6 Å². The lowest BCUT2D eigenvalue weighted by atomic mass is 10.0. The molecule has 10 heteroatoms. The summed E-state index contributed by atoms with van der Waals surface area (Å²) in [4.78, 5) is 37.0. The molecule has 0 radical (unpaired) electrons. The van der Waals surface area contributed by atoms with Gasteiger partial charge in [-0.05, 0) is 37.0 Å². The van der Waals surface area contributed by atoms with Crippen molar-refractivity contribution in [1.29, 1.82) is 0 Å². The molecule has 1 aliphatic rings. The third-order valence-electron chi connectivity index (χ3n) is 7.01. The minimum absolute atomic E-state index is 0.0699. The number of pyridine rings is 1. The van der Waals surface area contributed by atoms with Gasteiger partial charge >= 0.3 is 0 Å². The minimum atomic E-state index is -0.779. The molecule has 1 N–H and O–H groups in total. The van der Waals surface area contributed by atoms with Gasteiger partial charge in [0.2, 0.25) is 5.88 Å². The van der Waals surface area contributed by atoms with Crippen molar-refractivity contribution in [3.8, 4) is 11.6 Å². The fourth-order valence-electron chi connectivity index (χ4n) is 5.05. The molecule has 8 nitrogen and oxygen atoms in total. The number of methoxy groups -OCH3 is 1. The van der Waals surface area contributed by atoms with Crippen LogP contribution in [0.1, 0.15) is 78.9 Å². The number of hydrogen-bond acceptors (Lipinski definition) is 6. The molecular weight excluding hydrogens is 494 g/mol. The topological polar surface area (TPSA) is 97.6 Å². The Morgan fingerprint density at radius 1 is 1.26 bits per heavy atom. The molecule has 0 aliphatic carbocycles. The van der Waals surface area contributed by atoms with E-state index < -0.39 is 46.5 Å². The lowest BCUT2D eigenvalue weighted by Crippen LogP contribution is -2.38. The summed E-state index contributed by atoms with van der Waals surface area (Å²) in [5.74, 6) is -2.27. The lowest BCUT2D eigenvalue weighted by Gasteiger charge is -2.24. The van der Waals surface area contributed by atoms with E-state index in [1.807, 2.05) is 38.1 Å². The summed E-state index contributed by atoms with van der Waals surface area (Å²) >= 11 is 0. The molecule has 3 heterocycles. The number of ether oxygens (including phenoxy) is 1. The van der Waals surface area contributed by atoms with E-state index in [0.717, 1.165) is 30.7 Å². The van der Waals surface area contributed by atoms with Crippen LogP contribution in [0.2, 0.25) is 0 Å². The molecule has 1 aliphatic heterocycles. The van der Waals surface area contributed by atoms with Gasteiger partial charge in [-0.1, -0.05) is 32.4 Å². The smallest absolute Gasteiger partial charge is 0.270 e. The third-order valence-corrected chi connectivity index (χ3v) is 7.01. The highest BCUT2D eigenvalue weighted by atomic mass is 19.1. The highest BCUT2D eigenvalue weighted by Crippen LogP contribution is 2.31. The van der Waals surface area contributed by atoms with E-state index in [2.05, 4.69) is 9.97 Å². The van der Waals surface area contributed by atoms with Crippen LogP contribution in [0.3, 0.4) is 0 Å². The SMILES string of the molecule is CCCCc1nc(O)c(C(=O)N2CCC(c3ncc(F)cc3F)C2)c(=O)n1C(CC)c1cccc(OC)c1. The molecule has 1 aromatic carbocycles. The standard InChI is InChI=1S/C28H32F2N4O4/c1-4-6-10-23-32-26(35)24(28(37)34(23)22(5-2)17-8-7-9-20(13-17)38-3)27(36)33-12-11-18(16-33)25-21(30)14-19(29)15-31-25/h7-9,13-15,18,22,35H,4-6,10-12,16H2,1-3H3. The van der Waals surface area contributed by atoms with Crippen LogP contribution >= 0.6 is 0 Å². The van der Waals surface area contributed by atoms with Crippen LogP contribution < -0.4 is 10.3 Å². The zero-order valence-corrected chi connectivity index (χ0v) is 21.8. The zero-order valence-electron chi connectivity index (χ0n) is 21.8. The molecule has 2 aromatic heterocycles. The van der Waals surface area contributed by atoms with Gasteiger partial charge in [0, 0.05) is 31.5 Å². The largest absolute Gasteiger partial charge is 0.497 e. The van der Waals surface area contributed by atoms with E-state index >= 15 is 0 Å². The Morgan fingerprint density at radius 2 is 2.05 bits per heavy atom. The average molecular weight is 527 g/mol. The van der Waals surface area contributed by atoms with E-state index in [9.17, 15) is 23.5 Å².